The van der Waals surface area contributed by atoms with Crippen molar-refractivity contribution in [2.45, 2.75) is 32.2 Å². The summed E-state index contributed by atoms with van der Waals surface area (Å²) in [6.07, 6.45) is -1.63. The number of nitrogens with zero attached hydrogens (tertiary/aromatic N) is 3. The predicted octanol–water partition coefficient (Wildman–Crippen LogP) is 3.74. The van der Waals surface area contributed by atoms with Crippen molar-refractivity contribution in [2.75, 3.05) is 32.5 Å². The maximum Gasteiger partial charge on any atom is 0.401 e. The molecule has 0 amide bonds. The van der Waals surface area contributed by atoms with Crippen molar-refractivity contribution >= 4 is 17.0 Å². The van der Waals surface area contributed by atoms with Gasteiger partial charge in [0, 0.05) is 36.4 Å². The molecule has 0 spiro atoms. The molecule has 0 atom stereocenters. The number of aromatic nitrogens is 1. The van der Waals surface area contributed by atoms with Crippen molar-refractivity contribution in [2.24, 2.45) is 0 Å². The highest BCUT2D eigenvalue weighted by Crippen LogP contribution is 2.29. The third kappa shape index (κ3) is 5.18. The Bertz CT molecular complexity index is 742. The first-order valence-electron chi connectivity index (χ1n) is 8.52. The lowest BCUT2D eigenvalue weighted by Gasteiger charge is -2.30. The molecule has 1 N–H and O–H groups in total. The maximum absolute atomic E-state index is 12.6. The fourth-order valence-electron chi connectivity index (χ4n) is 3.21. The highest BCUT2D eigenvalue weighted by atomic mass is 32.1. The molecule has 1 aliphatic heterocycles. The first-order valence-corrected chi connectivity index (χ1v) is 9.34. The third-order valence-electron chi connectivity index (χ3n) is 4.25. The molecule has 1 aliphatic rings. The molecule has 4 nitrogen and oxygen atoms in total. The molecule has 8 heteroatoms. The monoisotopic (exact) mass is 384 g/mol. The number of hydrogen-bond donors (Lipinski definition) is 1. The van der Waals surface area contributed by atoms with Crippen LogP contribution in [0.2, 0.25) is 0 Å². The van der Waals surface area contributed by atoms with E-state index in [4.69, 9.17) is 0 Å². The van der Waals surface area contributed by atoms with Crippen molar-refractivity contribution in [1.29, 1.82) is 0 Å². The number of benzene rings is 1. The number of halogens is 3. The summed E-state index contributed by atoms with van der Waals surface area (Å²) in [7, 11) is 4.05. The second-order valence-corrected chi connectivity index (χ2v) is 8.03. The number of alkyl halides is 3. The molecule has 0 fully saturated rings. The lowest BCUT2D eigenvalue weighted by Crippen LogP contribution is -2.38. The van der Waals surface area contributed by atoms with Crippen LogP contribution in [0, 0.1) is 0 Å². The topological polar surface area (TPSA) is 31.4 Å². The second-order valence-electron chi connectivity index (χ2n) is 6.83. The lowest BCUT2D eigenvalue weighted by molar-refractivity contribution is -0.147. The number of nitrogens with one attached hydrogen (secondary N) is 1. The third-order valence-corrected chi connectivity index (χ3v) is 5.23. The molecule has 0 bridgehead atoms. The van der Waals surface area contributed by atoms with Crippen LogP contribution >= 0.6 is 11.3 Å². The van der Waals surface area contributed by atoms with Gasteiger partial charge in [0.15, 0.2) is 0 Å². The Morgan fingerprint density at radius 3 is 2.85 bits per heavy atom. The summed E-state index contributed by atoms with van der Waals surface area (Å²) >= 11 is 1.68. The van der Waals surface area contributed by atoms with Crippen molar-refractivity contribution in [3.63, 3.8) is 0 Å². The highest BCUT2D eigenvalue weighted by molar-refractivity contribution is 7.11. The van der Waals surface area contributed by atoms with E-state index in [0.29, 0.717) is 26.1 Å². The summed E-state index contributed by atoms with van der Waals surface area (Å²) in [5.41, 5.74) is 3.09. The summed E-state index contributed by atoms with van der Waals surface area (Å²) in [4.78, 5) is 9.22. The van der Waals surface area contributed by atoms with E-state index in [1.807, 2.05) is 38.5 Å². The molecule has 1 aromatic heterocycles. The van der Waals surface area contributed by atoms with Crippen LogP contribution in [-0.2, 0) is 26.1 Å². The maximum atomic E-state index is 12.6. The zero-order chi connectivity index (χ0) is 18.7. The number of anilines is 1. The molecule has 2 aromatic rings. The first kappa shape index (κ1) is 19.1. The van der Waals surface area contributed by atoms with Gasteiger partial charge in [-0.3, -0.25) is 4.90 Å². The van der Waals surface area contributed by atoms with Gasteiger partial charge in [-0.2, -0.15) is 13.2 Å². The van der Waals surface area contributed by atoms with Gasteiger partial charge in [-0.15, -0.1) is 11.3 Å². The van der Waals surface area contributed by atoms with Gasteiger partial charge in [0.2, 0.25) is 0 Å². The van der Waals surface area contributed by atoms with E-state index in [1.165, 1.54) is 9.78 Å². The van der Waals surface area contributed by atoms with Gasteiger partial charge in [-0.25, -0.2) is 4.98 Å². The average molecular weight is 384 g/mol. The Labute approximate surface area is 155 Å². The molecular weight excluding hydrogens is 361 g/mol. The van der Waals surface area contributed by atoms with E-state index in [2.05, 4.69) is 15.2 Å². The molecule has 0 aliphatic carbocycles. The van der Waals surface area contributed by atoms with E-state index in [0.717, 1.165) is 28.4 Å². The average Bonchev–Trinajstić information content (AvgIpc) is 2.97. The molecule has 2 heterocycles. The fourth-order valence-corrected chi connectivity index (χ4v) is 4.19. The second kappa shape index (κ2) is 7.94. The molecule has 0 unspecified atom stereocenters. The van der Waals surface area contributed by atoms with Gasteiger partial charge in [-0.05, 0) is 37.7 Å². The minimum atomic E-state index is -4.15. The Balaban J connectivity index is 1.64. The molecule has 0 radical (unpaired) electrons. The van der Waals surface area contributed by atoms with Gasteiger partial charge in [0.1, 0.15) is 5.01 Å². The molecule has 0 saturated carbocycles. The number of hydrogen-bond acceptors (Lipinski definition) is 5. The summed E-state index contributed by atoms with van der Waals surface area (Å²) in [6, 6.07) is 5.81. The number of thiazole rings is 1. The van der Waals surface area contributed by atoms with Crippen LogP contribution in [0.5, 0.6) is 0 Å². The number of rotatable bonds is 6. The Morgan fingerprint density at radius 1 is 1.31 bits per heavy atom. The minimum absolute atomic E-state index is 0.342. The highest BCUT2D eigenvalue weighted by Gasteiger charge is 2.32. The van der Waals surface area contributed by atoms with Crippen molar-refractivity contribution in [3.05, 3.63) is 45.4 Å². The number of fused-ring (bicyclic) bond motifs is 1. The summed E-state index contributed by atoms with van der Waals surface area (Å²) in [5, 5.41) is 4.42. The smallest absolute Gasteiger partial charge is 0.378 e. The van der Waals surface area contributed by atoms with Crippen LogP contribution in [0.4, 0.5) is 18.9 Å². The van der Waals surface area contributed by atoms with Gasteiger partial charge in [0.05, 0.1) is 13.1 Å². The lowest BCUT2D eigenvalue weighted by atomic mass is 9.97. The van der Waals surface area contributed by atoms with Crippen LogP contribution in [-0.4, -0.2) is 48.1 Å². The van der Waals surface area contributed by atoms with Crippen LogP contribution in [0.1, 0.15) is 21.0 Å². The zero-order valence-corrected chi connectivity index (χ0v) is 15.8. The first-order chi connectivity index (χ1) is 12.3. The largest absolute Gasteiger partial charge is 0.401 e. The van der Waals surface area contributed by atoms with Gasteiger partial charge >= 0.3 is 6.18 Å². The van der Waals surface area contributed by atoms with Crippen molar-refractivity contribution in [1.82, 2.24) is 14.8 Å². The van der Waals surface area contributed by atoms with Crippen LogP contribution in [0.25, 0.3) is 0 Å². The van der Waals surface area contributed by atoms with E-state index < -0.39 is 12.7 Å². The van der Waals surface area contributed by atoms with Crippen LogP contribution < -0.4 is 5.32 Å². The summed E-state index contributed by atoms with van der Waals surface area (Å²) in [5.74, 6) is 0. The van der Waals surface area contributed by atoms with Gasteiger partial charge in [0.25, 0.3) is 0 Å². The molecule has 142 valence electrons. The standard InChI is InChI=1S/C18H23F3N4S/c1-24(2)11-14-8-23-17(26-14)9-22-16-5-3-4-13-10-25(7-6-15(13)16)12-18(19,20)21/h3-5,8,22H,6-7,9-12H2,1-2H3. The van der Waals surface area contributed by atoms with E-state index in [1.54, 1.807) is 11.3 Å². The summed E-state index contributed by atoms with van der Waals surface area (Å²) in [6.45, 7) is 1.41. The quantitative estimate of drug-likeness (QED) is 0.822. The van der Waals surface area contributed by atoms with Crippen molar-refractivity contribution < 1.29 is 13.2 Å². The SMILES string of the molecule is CN(C)Cc1cnc(CNc2cccc3c2CCN(CC(F)(F)F)C3)s1. The summed E-state index contributed by atoms with van der Waals surface area (Å²) < 4.78 is 37.9. The predicted molar refractivity (Wildman–Crippen MR) is 98.3 cm³/mol. The van der Waals surface area contributed by atoms with E-state index in [9.17, 15) is 13.2 Å². The zero-order valence-electron chi connectivity index (χ0n) is 14.9. The van der Waals surface area contributed by atoms with E-state index >= 15 is 0 Å². The van der Waals surface area contributed by atoms with Gasteiger partial charge in [-0.1, -0.05) is 12.1 Å². The van der Waals surface area contributed by atoms with Crippen LogP contribution in [0.15, 0.2) is 24.4 Å². The Morgan fingerprint density at radius 2 is 2.12 bits per heavy atom. The van der Waals surface area contributed by atoms with Crippen molar-refractivity contribution in [3.8, 4) is 0 Å². The molecular formula is C18H23F3N4S. The normalized spacial score (nSPS) is 15.3. The minimum Gasteiger partial charge on any atom is -0.378 e. The fraction of sp³-hybridized carbons (Fsp3) is 0.500. The Hall–Kier alpha value is -1.64. The molecule has 3 rings (SSSR count). The van der Waals surface area contributed by atoms with E-state index in [-0.39, 0.29) is 0 Å². The molecule has 0 saturated heterocycles. The van der Waals surface area contributed by atoms with Crippen LogP contribution in [0.3, 0.4) is 0 Å². The Kier molecular flexibility index (Phi) is 5.84. The molecule has 26 heavy (non-hydrogen) atoms. The molecule has 1 aromatic carbocycles. The van der Waals surface area contributed by atoms with Gasteiger partial charge < -0.3 is 10.2 Å².